The molecule has 2 aromatic rings. The summed E-state index contributed by atoms with van der Waals surface area (Å²) in [5, 5.41) is 12.8. The van der Waals surface area contributed by atoms with Crippen molar-refractivity contribution < 1.29 is 14.7 Å². The van der Waals surface area contributed by atoms with Crippen LogP contribution in [-0.2, 0) is 16.2 Å². The van der Waals surface area contributed by atoms with Crippen LogP contribution in [0, 0.1) is 5.92 Å². The molecule has 0 saturated heterocycles. The Balaban J connectivity index is 1.40. The fraction of sp³-hybridized carbons (Fsp3) is 0.520. The molecule has 2 atom stereocenters. The van der Waals surface area contributed by atoms with Gasteiger partial charge in [-0.2, -0.15) is 0 Å². The number of aliphatic hydroxyl groups excluding tert-OH is 1. The van der Waals surface area contributed by atoms with Gasteiger partial charge in [-0.05, 0) is 67.6 Å². The second kappa shape index (κ2) is 9.32. The van der Waals surface area contributed by atoms with Crippen LogP contribution in [0.4, 0.5) is 5.82 Å². The molecule has 3 aliphatic rings. The Morgan fingerprint density at radius 1 is 1.16 bits per heavy atom. The van der Waals surface area contributed by atoms with E-state index in [0.717, 1.165) is 17.2 Å². The maximum absolute atomic E-state index is 13.4. The number of carbonyl (C=O) groups is 2. The van der Waals surface area contributed by atoms with Crippen molar-refractivity contribution in [2.75, 3.05) is 5.32 Å². The zero-order valence-electron chi connectivity index (χ0n) is 18.1. The summed E-state index contributed by atoms with van der Waals surface area (Å²) in [5.41, 5.74) is 2.89. The Morgan fingerprint density at radius 3 is 2.62 bits per heavy atom. The smallest absolute Gasteiger partial charge is 0.233 e. The third-order valence-electron chi connectivity index (χ3n) is 6.62. The molecular weight excluding hydrogens is 422 g/mol. The van der Waals surface area contributed by atoms with E-state index in [0.29, 0.717) is 42.5 Å². The number of thioether (sulfide) groups is 1. The average Bonchev–Trinajstić information content (AvgIpc) is 3.73. The summed E-state index contributed by atoms with van der Waals surface area (Å²) in [7, 11) is 0. The van der Waals surface area contributed by atoms with Gasteiger partial charge in [-0.1, -0.05) is 12.1 Å². The van der Waals surface area contributed by atoms with E-state index in [4.69, 9.17) is 5.11 Å². The number of aliphatic hydroxyl groups is 1. The van der Waals surface area contributed by atoms with Gasteiger partial charge in [0.2, 0.25) is 5.91 Å². The molecule has 1 aromatic heterocycles. The fourth-order valence-electron chi connectivity index (χ4n) is 4.50. The number of ketones is 1. The van der Waals surface area contributed by atoms with Crippen LogP contribution < -0.4 is 5.32 Å². The molecule has 32 heavy (non-hydrogen) atoms. The highest BCUT2D eigenvalue weighted by Crippen LogP contribution is 2.49. The Hall–Kier alpha value is -2.25. The number of carbonyl (C=O) groups excluding carboxylic acids is 2. The molecule has 6 nitrogen and oxygen atoms in total. The zero-order valence-corrected chi connectivity index (χ0v) is 18.9. The minimum atomic E-state index is -0.331. The summed E-state index contributed by atoms with van der Waals surface area (Å²) in [6.07, 6.45) is 10.7. The lowest BCUT2D eigenvalue weighted by molar-refractivity contribution is -0.119. The van der Waals surface area contributed by atoms with Crippen LogP contribution in [0.1, 0.15) is 80.0 Å². The van der Waals surface area contributed by atoms with Gasteiger partial charge in [0.25, 0.3) is 0 Å². The molecule has 0 aliphatic heterocycles. The second-order valence-electron chi connectivity index (χ2n) is 9.36. The largest absolute Gasteiger partial charge is 0.390 e. The minimum Gasteiger partial charge on any atom is -0.390 e. The highest BCUT2D eigenvalue weighted by atomic mass is 32.2. The maximum atomic E-state index is 13.4. The first kappa shape index (κ1) is 21.6. The minimum absolute atomic E-state index is 0.111. The highest BCUT2D eigenvalue weighted by molar-refractivity contribution is 8.00. The first-order valence-corrected chi connectivity index (χ1v) is 12.5. The topological polar surface area (TPSA) is 92.2 Å². The molecule has 7 heteroatoms. The lowest BCUT2D eigenvalue weighted by atomic mass is 9.86. The van der Waals surface area contributed by atoms with Crippen LogP contribution >= 0.6 is 11.8 Å². The Labute approximate surface area is 192 Å². The van der Waals surface area contributed by atoms with Crippen molar-refractivity contribution >= 4 is 29.3 Å². The number of anilines is 1. The number of nitrogens with one attached hydrogen (secondary N) is 1. The molecular formula is C25H29N3O3S. The van der Waals surface area contributed by atoms with Gasteiger partial charge >= 0.3 is 0 Å². The van der Waals surface area contributed by atoms with Gasteiger partial charge in [-0.3, -0.25) is 14.6 Å². The number of amides is 1. The van der Waals surface area contributed by atoms with Crippen molar-refractivity contribution in [1.82, 2.24) is 9.97 Å². The molecule has 0 radical (unpaired) electrons. The predicted molar refractivity (Wildman–Crippen MR) is 124 cm³/mol. The Kier molecular flexibility index (Phi) is 6.28. The number of rotatable bonds is 9. The molecule has 3 aliphatic carbocycles. The molecule has 0 bridgehead atoms. The molecule has 1 amide bonds. The highest BCUT2D eigenvalue weighted by Gasteiger charge is 2.33. The van der Waals surface area contributed by atoms with Crippen LogP contribution in [0.2, 0.25) is 0 Å². The number of nitrogens with zero attached hydrogens (tertiary/aromatic N) is 2. The second-order valence-corrected chi connectivity index (χ2v) is 10.7. The van der Waals surface area contributed by atoms with Crippen molar-refractivity contribution in [2.45, 2.75) is 80.0 Å². The van der Waals surface area contributed by atoms with Gasteiger partial charge in [0, 0.05) is 23.0 Å². The van der Waals surface area contributed by atoms with Crippen molar-refractivity contribution in [1.29, 1.82) is 0 Å². The lowest BCUT2D eigenvalue weighted by Gasteiger charge is -2.22. The van der Waals surface area contributed by atoms with E-state index in [-0.39, 0.29) is 24.3 Å². The van der Waals surface area contributed by atoms with E-state index in [1.165, 1.54) is 48.5 Å². The van der Waals surface area contributed by atoms with E-state index >= 15 is 0 Å². The summed E-state index contributed by atoms with van der Waals surface area (Å²) < 4.78 is 0. The van der Waals surface area contributed by atoms with Crippen molar-refractivity contribution in [2.24, 2.45) is 5.92 Å². The van der Waals surface area contributed by atoms with E-state index in [1.54, 1.807) is 0 Å². The van der Waals surface area contributed by atoms with Crippen molar-refractivity contribution in [3.63, 3.8) is 0 Å². The van der Waals surface area contributed by atoms with Crippen LogP contribution in [0.5, 0.6) is 0 Å². The summed E-state index contributed by atoms with van der Waals surface area (Å²) >= 11 is 1.99. The van der Waals surface area contributed by atoms with Gasteiger partial charge in [0.15, 0.2) is 5.82 Å². The SMILES string of the molecule is O=C1CC[C@H](C[C@@H](C(=O)Nc2cnc(CO)cn2)c2ccc(SC3CC3)c(C3CC3)c2)C1. The molecule has 5 rings (SSSR count). The molecule has 3 saturated carbocycles. The van der Waals surface area contributed by atoms with E-state index in [2.05, 4.69) is 33.5 Å². The zero-order chi connectivity index (χ0) is 22.1. The molecule has 1 heterocycles. The van der Waals surface area contributed by atoms with Gasteiger partial charge in [0.1, 0.15) is 5.78 Å². The Bertz CT molecular complexity index is 1000. The van der Waals surface area contributed by atoms with Crippen molar-refractivity contribution in [3.8, 4) is 0 Å². The Morgan fingerprint density at radius 2 is 2.00 bits per heavy atom. The maximum Gasteiger partial charge on any atom is 0.233 e. The molecule has 0 spiro atoms. The van der Waals surface area contributed by atoms with E-state index in [1.807, 2.05) is 11.8 Å². The monoisotopic (exact) mass is 451 g/mol. The number of benzene rings is 1. The molecule has 168 valence electrons. The third-order valence-corrected chi connectivity index (χ3v) is 8.05. The summed E-state index contributed by atoms with van der Waals surface area (Å²) in [6.45, 7) is -0.186. The number of Topliss-reactive ketones (excluding diaryl/α,β-unsaturated/α-hetero) is 1. The predicted octanol–water partition coefficient (Wildman–Crippen LogP) is 4.58. The summed E-state index contributed by atoms with van der Waals surface area (Å²) in [5.74, 6) is 1.09. The summed E-state index contributed by atoms with van der Waals surface area (Å²) in [4.78, 5) is 34.9. The van der Waals surface area contributed by atoms with Crippen LogP contribution in [-0.4, -0.2) is 32.0 Å². The molecule has 3 fully saturated rings. The number of hydrogen-bond acceptors (Lipinski definition) is 6. The van der Waals surface area contributed by atoms with Crippen LogP contribution in [0.3, 0.4) is 0 Å². The molecule has 0 unspecified atom stereocenters. The standard InChI is InChI=1S/C25H29N3O3S/c29-14-18-12-27-24(13-26-18)28-25(31)22(10-15-1-5-19(30)9-15)17-4-8-23(32-20-6-7-20)21(11-17)16-2-3-16/h4,8,11-13,15-16,20,22,29H,1-3,5-7,9-10,14H2,(H,27,28,31)/t15-,22+/m0/s1. The van der Waals surface area contributed by atoms with Gasteiger partial charge in [0.05, 0.1) is 30.6 Å². The quantitative estimate of drug-likeness (QED) is 0.580. The average molecular weight is 452 g/mol. The first-order valence-electron chi connectivity index (χ1n) is 11.6. The van der Waals surface area contributed by atoms with Gasteiger partial charge < -0.3 is 10.4 Å². The van der Waals surface area contributed by atoms with E-state index in [9.17, 15) is 9.59 Å². The van der Waals surface area contributed by atoms with Gasteiger partial charge in [-0.25, -0.2) is 4.98 Å². The van der Waals surface area contributed by atoms with Crippen molar-refractivity contribution in [3.05, 3.63) is 47.4 Å². The number of hydrogen-bond donors (Lipinski definition) is 2. The molecule has 2 N–H and O–H groups in total. The normalized spacial score (nSPS) is 21.5. The first-order chi connectivity index (χ1) is 15.6. The van der Waals surface area contributed by atoms with E-state index < -0.39 is 0 Å². The lowest BCUT2D eigenvalue weighted by Crippen LogP contribution is -2.24. The molecule has 1 aromatic carbocycles. The third kappa shape index (κ3) is 5.21. The number of aromatic nitrogens is 2. The summed E-state index contributed by atoms with van der Waals surface area (Å²) in [6, 6.07) is 6.57. The fourth-order valence-corrected chi connectivity index (χ4v) is 5.74. The van der Waals surface area contributed by atoms with Crippen LogP contribution in [0.25, 0.3) is 0 Å². The van der Waals surface area contributed by atoms with Crippen LogP contribution in [0.15, 0.2) is 35.5 Å². The van der Waals surface area contributed by atoms with Gasteiger partial charge in [-0.15, -0.1) is 11.8 Å².